The summed E-state index contributed by atoms with van der Waals surface area (Å²) in [6.45, 7) is 0. The number of fused-ring (bicyclic) bond motifs is 12. The molecule has 5 aromatic rings. The fourth-order valence-electron chi connectivity index (χ4n) is 5.44. The maximum atomic E-state index is 5.11. The van der Waals surface area contributed by atoms with Crippen molar-refractivity contribution in [3.63, 3.8) is 0 Å². The number of para-hydroxylation sites is 2. The lowest BCUT2D eigenvalue weighted by Gasteiger charge is -2.41. The molecule has 2 aliphatic heterocycles. The van der Waals surface area contributed by atoms with Gasteiger partial charge >= 0.3 is 0 Å². The molecule has 0 bridgehead atoms. The van der Waals surface area contributed by atoms with Crippen molar-refractivity contribution in [3.05, 3.63) is 108 Å². The summed E-state index contributed by atoms with van der Waals surface area (Å²) >= 11 is 0. The highest BCUT2D eigenvalue weighted by molar-refractivity contribution is 5.96. The molecular formula is C28H21N3. The Morgan fingerprint density at radius 3 is 2.32 bits per heavy atom. The third kappa shape index (κ3) is 2.32. The van der Waals surface area contributed by atoms with Gasteiger partial charge in [0.05, 0.1) is 17.2 Å². The quantitative estimate of drug-likeness (QED) is 0.284. The van der Waals surface area contributed by atoms with Crippen LogP contribution in [0, 0.1) is 0 Å². The smallest absolute Gasteiger partial charge is 0.145 e. The minimum atomic E-state index is 0.262. The van der Waals surface area contributed by atoms with Crippen molar-refractivity contribution < 1.29 is 0 Å². The normalized spacial score (nSPS) is 16.4. The minimum Gasteiger partial charge on any atom is -0.318 e. The molecule has 31 heavy (non-hydrogen) atoms. The predicted molar refractivity (Wildman–Crippen MR) is 126 cm³/mol. The standard InChI is InChI=1S/C28H21N3/c1-7-15-25-19(9-1)17-18-26-21-11-3-2-10-20(21)22-12-5-8-16-27(22)31-28(30(25)26)23-13-4-6-14-24(23)29-31/h1-16,26H,17-18H2. The van der Waals surface area contributed by atoms with E-state index in [0.717, 1.165) is 29.9 Å². The molecule has 0 saturated carbocycles. The largest absolute Gasteiger partial charge is 0.318 e. The van der Waals surface area contributed by atoms with Crippen LogP contribution < -0.4 is 4.90 Å². The molecule has 0 saturated heterocycles. The van der Waals surface area contributed by atoms with Crippen molar-refractivity contribution in [1.29, 1.82) is 0 Å². The lowest BCUT2D eigenvalue weighted by atomic mass is 9.85. The number of hydrogen-bond acceptors (Lipinski definition) is 2. The summed E-state index contributed by atoms with van der Waals surface area (Å²) in [5.41, 5.74) is 8.79. The Balaban J connectivity index is 1.67. The number of anilines is 2. The highest BCUT2D eigenvalue weighted by Gasteiger charge is 2.35. The number of rotatable bonds is 0. The molecule has 7 rings (SSSR count). The van der Waals surface area contributed by atoms with Gasteiger partial charge in [-0.25, -0.2) is 4.68 Å². The van der Waals surface area contributed by atoms with Crippen molar-refractivity contribution in [2.45, 2.75) is 18.9 Å². The van der Waals surface area contributed by atoms with Crippen molar-refractivity contribution in [3.8, 4) is 16.8 Å². The van der Waals surface area contributed by atoms with Gasteiger partial charge < -0.3 is 4.90 Å². The Kier molecular flexibility index (Phi) is 3.45. The monoisotopic (exact) mass is 399 g/mol. The van der Waals surface area contributed by atoms with Crippen LogP contribution in [-0.4, -0.2) is 9.78 Å². The molecule has 0 aliphatic carbocycles. The van der Waals surface area contributed by atoms with Gasteiger partial charge in [-0.2, -0.15) is 5.10 Å². The van der Waals surface area contributed by atoms with Crippen molar-refractivity contribution in [2.24, 2.45) is 0 Å². The average Bonchev–Trinajstić information content (AvgIpc) is 3.21. The number of hydrogen-bond donors (Lipinski definition) is 0. The molecule has 1 unspecified atom stereocenters. The molecule has 3 heterocycles. The summed E-state index contributed by atoms with van der Waals surface area (Å²) in [4.78, 5) is 2.54. The van der Waals surface area contributed by atoms with E-state index in [9.17, 15) is 0 Å². The Bertz CT molecular complexity index is 1460. The zero-order valence-corrected chi connectivity index (χ0v) is 17.1. The van der Waals surface area contributed by atoms with Crippen LogP contribution in [0.4, 0.5) is 11.5 Å². The molecule has 0 amide bonds. The van der Waals surface area contributed by atoms with Gasteiger partial charge in [-0.15, -0.1) is 0 Å². The van der Waals surface area contributed by atoms with Gasteiger partial charge in [0.1, 0.15) is 5.82 Å². The van der Waals surface area contributed by atoms with E-state index in [1.54, 1.807) is 0 Å². The lowest BCUT2D eigenvalue weighted by molar-refractivity contribution is 0.593. The molecule has 1 atom stereocenters. The fourth-order valence-corrected chi connectivity index (χ4v) is 5.44. The summed E-state index contributed by atoms with van der Waals surface area (Å²) < 4.78 is 2.17. The summed E-state index contributed by atoms with van der Waals surface area (Å²) in [6.07, 6.45) is 2.16. The van der Waals surface area contributed by atoms with Gasteiger partial charge in [-0.05, 0) is 53.8 Å². The van der Waals surface area contributed by atoms with Crippen LogP contribution in [0.25, 0.3) is 27.7 Å². The number of aryl methyl sites for hydroxylation is 1. The average molecular weight is 399 g/mol. The first-order valence-corrected chi connectivity index (χ1v) is 10.9. The van der Waals surface area contributed by atoms with Gasteiger partial charge in [-0.1, -0.05) is 72.8 Å². The summed E-state index contributed by atoms with van der Waals surface area (Å²) in [6, 6.07) is 35.2. The Hall–Kier alpha value is -3.85. The Morgan fingerprint density at radius 1 is 0.677 bits per heavy atom. The van der Waals surface area contributed by atoms with Crippen LogP contribution in [0.1, 0.15) is 23.6 Å². The Morgan fingerprint density at radius 2 is 1.39 bits per heavy atom. The van der Waals surface area contributed by atoms with E-state index in [4.69, 9.17) is 5.10 Å². The van der Waals surface area contributed by atoms with Crippen LogP contribution in [0.5, 0.6) is 0 Å². The summed E-state index contributed by atoms with van der Waals surface area (Å²) in [7, 11) is 0. The molecule has 0 radical (unpaired) electrons. The van der Waals surface area contributed by atoms with Crippen LogP contribution in [0.3, 0.4) is 0 Å². The SMILES string of the molecule is c1ccc2c(c1)CCC1c3ccccc3-c3ccccc3-n3nc4ccccc4c3N21. The van der Waals surface area contributed by atoms with E-state index in [1.807, 2.05) is 0 Å². The van der Waals surface area contributed by atoms with Gasteiger partial charge in [0.2, 0.25) is 0 Å². The third-order valence-corrected chi connectivity index (χ3v) is 6.77. The maximum Gasteiger partial charge on any atom is 0.145 e. The molecular weight excluding hydrogens is 378 g/mol. The number of nitrogens with zero attached hydrogens (tertiary/aromatic N) is 3. The van der Waals surface area contributed by atoms with Crippen molar-refractivity contribution >= 4 is 22.4 Å². The highest BCUT2D eigenvalue weighted by atomic mass is 15.4. The van der Waals surface area contributed by atoms with Crippen LogP contribution >= 0.6 is 0 Å². The molecule has 3 nitrogen and oxygen atoms in total. The first kappa shape index (κ1) is 16.9. The van der Waals surface area contributed by atoms with Crippen LogP contribution in [-0.2, 0) is 6.42 Å². The maximum absolute atomic E-state index is 5.11. The van der Waals surface area contributed by atoms with Crippen LogP contribution in [0.15, 0.2) is 97.1 Å². The number of benzene rings is 4. The second kappa shape index (κ2) is 6.32. The second-order valence-corrected chi connectivity index (χ2v) is 8.41. The highest BCUT2D eigenvalue weighted by Crippen LogP contribution is 2.50. The topological polar surface area (TPSA) is 21.1 Å². The van der Waals surface area contributed by atoms with E-state index in [2.05, 4.69) is 107 Å². The molecule has 2 aliphatic rings. The lowest BCUT2D eigenvalue weighted by Crippen LogP contribution is -2.32. The van der Waals surface area contributed by atoms with E-state index in [-0.39, 0.29) is 6.04 Å². The zero-order chi connectivity index (χ0) is 20.4. The van der Waals surface area contributed by atoms with Gasteiger partial charge in [0.25, 0.3) is 0 Å². The van der Waals surface area contributed by atoms with Crippen molar-refractivity contribution in [2.75, 3.05) is 4.90 Å². The molecule has 0 N–H and O–H groups in total. The van der Waals surface area contributed by atoms with E-state index >= 15 is 0 Å². The summed E-state index contributed by atoms with van der Waals surface area (Å²) in [5, 5.41) is 6.30. The number of aromatic nitrogens is 2. The molecule has 4 aromatic carbocycles. The first-order chi connectivity index (χ1) is 15.4. The van der Waals surface area contributed by atoms with Gasteiger partial charge in [0.15, 0.2) is 0 Å². The van der Waals surface area contributed by atoms with Gasteiger partial charge in [0, 0.05) is 16.6 Å². The fraction of sp³-hybridized carbons (Fsp3) is 0.107. The summed E-state index contributed by atoms with van der Waals surface area (Å²) in [5.74, 6) is 1.16. The van der Waals surface area contributed by atoms with E-state index in [1.165, 1.54) is 33.3 Å². The Labute approximate surface area is 181 Å². The van der Waals surface area contributed by atoms with Gasteiger partial charge in [-0.3, -0.25) is 0 Å². The van der Waals surface area contributed by atoms with E-state index < -0.39 is 0 Å². The molecule has 0 fully saturated rings. The van der Waals surface area contributed by atoms with Crippen LogP contribution in [0.2, 0.25) is 0 Å². The third-order valence-electron chi connectivity index (χ3n) is 6.77. The van der Waals surface area contributed by atoms with Crippen molar-refractivity contribution in [1.82, 2.24) is 9.78 Å². The second-order valence-electron chi connectivity index (χ2n) is 8.41. The predicted octanol–water partition coefficient (Wildman–Crippen LogP) is 6.83. The minimum absolute atomic E-state index is 0.262. The zero-order valence-electron chi connectivity index (χ0n) is 17.1. The first-order valence-electron chi connectivity index (χ1n) is 10.9. The molecule has 0 spiro atoms. The van der Waals surface area contributed by atoms with E-state index in [0.29, 0.717) is 0 Å². The molecule has 3 heteroatoms. The molecule has 148 valence electrons. The molecule has 1 aromatic heterocycles.